The number of nitro groups is 1. The van der Waals surface area contributed by atoms with Gasteiger partial charge in [-0.25, -0.2) is 4.98 Å². The Kier molecular flexibility index (Phi) is 4.52. The predicted molar refractivity (Wildman–Crippen MR) is 89.6 cm³/mol. The zero-order chi connectivity index (χ0) is 16.2. The third-order valence-corrected chi connectivity index (χ3v) is 4.12. The minimum absolute atomic E-state index is 0.0830. The van der Waals surface area contributed by atoms with E-state index in [0.717, 1.165) is 32.7 Å². The number of benzene rings is 1. The minimum Gasteiger partial charge on any atom is -0.348 e. The van der Waals surface area contributed by atoms with Crippen LogP contribution in [0.5, 0.6) is 0 Å². The van der Waals surface area contributed by atoms with E-state index in [1.165, 1.54) is 17.2 Å². The monoisotopic (exact) mass is 312 g/mol. The van der Waals surface area contributed by atoms with Crippen LogP contribution in [0.15, 0.2) is 42.6 Å². The highest BCUT2D eigenvalue weighted by Gasteiger charge is 2.24. The van der Waals surface area contributed by atoms with E-state index in [0.29, 0.717) is 5.82 Å². The van der Waals surface area contributed by atoms with E-state index in [9.17, 15) is 10.1 Å². The highest BCUT2D eigenvalue weighted by molar-refractivity contribution is 5.57. The molecule has 2 aromatic rings. The van der Waals surface area contributed by atoms with Crippen LogP contribution < -0.4 is 4.90 Å². The Balaban J connectivity index is 1.64. The molecule has 3 rings (SSSR count). The van der Waals surface area contributed by atoms with Crippen LogP contribution in [0.25, 0.3) is 0 Å². The van der Waals surface area contributed by atoms with Gasteiger partial charge < -0.3 is 4.90 Å². The topological polar surface area (TPSA) is 62.5 Å². The Morgan fingerprint density at radius 2 is 1.96 bits per heavy atom. The van der Waals surface area contributed by atoms with Crippen LogP contribution >= 0.6 is 0 Å². The van der Waals surface area contributed by atoms with Gasteiger partial charge in [-0.15, -0.1) is 0 Å². The summed E-state index contributed by atoms with van der Waals surface area (Å²) in [6.45, 7) is 6.28. The molecule has 1 fully saturated rings. The summed E-state index contributed by atoms with van der Waals surface area (Å²) < 4.78 is 0. The van der Waals surface area contributed by atoms with Gasteiger partial charge in [-0.1, -0.05) is 29.8 Å². The van der Waals surface area contributed by atoms with Crippen LogP contribution in [0.1, 0.15) is 11.1 Å². The highest BCUT2D eigenvalue weighted by Crippen LogP contribution is 2.25. The smallest absolute Gasteiger partial charge is 0.311 e. The summed E-state index contributed by atoms with van der Waals surface area (Å²) in [5, 5.41) is 11.1. The van der Waals surface area contributed by atoms with Crippen molar-refractivity contribution in [3.8, 4) is 0 Å². The summed E-state index contributed by atoms with van der Waals surface area (Å²) in [7, 11) is 0. The Bertz CT molecular complexity index is 696. The first-order chi connectivity index (χ1) is 11.1. The number of aryl methyl sites for hydroxylation is 1. The third kappa shape index (κ3) is 3.65. The fourth-order valence-corrected chi connectivity index (χ4v) is 2.96. The number of anilines is 1. The Morgan fingerprint density at radius 1 is 1.17 bits per heavy atom. The van der Waals surface area contributed by atoms with E-state index in [-0.39, 0.29) is 10.6 Å². The molecule has 0 amide bonds. The molecule has 6 nitrogen and oxygen atoms in total. The van der Waals surface area contributed by atoms with E-state index in [1.54, 1.807) is 12.3 Å². The van der Waals surface area contributed by atoms with Crippen molar-refractivity contribution in [2.75, 3.05) is 31.1 Å². The van der Waals surface area contributed by atoms with Crippen LogP contribution in [0, 0.1) is 17.0 Å². The molecule has 1 aromatic heterocycles. The summed E-state index contributed by atoms with van der Waals surface area (Å²) in [6.07, 6.45) is 1.61. The molecule has 0 aliphatic carbocycles. The molecule has 1 aliphatic heterocycles. The maximum Gasteiger partial charge on any atom is 0.311 e. The van der Waals surface area contributed by atoms with E-state index in [1.807, 2.05) is 4.90 Å². The predicted octanol–water partition coefficient (Wildman–Crippen LogP) is 2.62. The lowest BCUT2D eigenvalue weighted by molar-refractivity contribution is -0.384. The van der Waals surface area contributed by atoms with Crippen molar-refractivity contribution in [2.45, 2.75) is 13.5 Å². The van der Waals surface area contributed by atoms with Gasteiger partial charge in [0, 0.05) is 45.0 Å². The zero-order valence-electron chi connectivity index (χ0n) is 13.2. The van der Waals surface area contributed by atoms with Crippen LogP contribution in [0.3, 0.4) is 0 Å². The van der Waals surface area contributed by atoms with Crippen LogP contribution in [0.4, 0.5) is 11.5 Å². The molecule has 0 spiro atoms. The average molecular weight is 312 g/mol. The summed E-state index contributed by atoms with van der Waals surface area (Å²) in [5.41, 5.74) is 2.66. The summed E-state index contributed by atoms with van der Waals surface area (Å²) in [6, 6.07) is 11.6. The number of nitrogens with zero attached hydrogens (tertiary/aromatic N) is 4. The number of aromatic nitrogens is 1. The minimum atomic E-state index is -0.360. The normalized spacial score (nSPS) is 15.6. The Hall–Kier alpha value is -2.47. The SMILES string of the molecule is Cc1cccc(CN2CCN(c3ncccc3[N+](=O)[O-])CC2)c1. The summed E-state index contributed by atoms with van der Waals surface area (Å²) in [4.78, 5) is 19.4. The second-order valence-corrected chi connectivity index (χ2v) is 5.86. The first-order valence-electron chi connectivity index (χ1n) is 7.76. The van der Waals surface area contributed by atoms with E-state index in [2.05, 4.69) is 41.1 Å². The standard InChI is InChI=1S/C17H20N4O2/c1-14-4-2-5-15(12-14)13-19-8-10-20(11-9-19)17-16(21(22)23)6-3-7-18-17/h2-7,12H,8-11,13H2,1H3. The fraction of sp³-hybridized carbons (Fsp3) is 0.353. The molecule has 0 radical (unpaired) electrons. The Labute approximate surface area is 135 Å². The van der Waals surface area contributed by atoms with Crippen molar-refractivity contribution in [1.82, 2.24) is 9.88 Å². The van der Waals surface area contributed by atoms with E-state index in [4.69, 9.17) is 0 Å². The maximum atomic E-state index is 11.1. The molecule has 0 N–H and O–H groups in total. The number of hydrogen-bond acceptors (Lipinski definition) is 5. The zero-order valence-corrected chi connectivity index (χ0v) is 13.2. The maximum absolute atomic E-state index is 11.1. The van der Waals surface area contributed by atoms with Gasteiger partial charge in [0.25, 0.3) is 0 Å². The van der Waals surface area contributed by atoms with Gasteiger partial charge in [0.1, 0.15) is 0 Å². The van der Waals surface area contributed by atoms with Crippen molar-refractivity contribution in [1.29, 1.82) is 0 Å². The van der Waals surface area contributed by atoms with Crippen molar-refractivity contribution >= 4 is 11.5 Å². The second-order valence-electron chi connectivity index (χ2n) is 5.86. The summed E-state index contributed by atoms with van der Waals surface area (Å²) in [5.74, 6) is 0.479. The second kappa shape index (κ2) is 6.75. The van der Waals surface area contributed by atoms with Gasteiger partial charge in [0.05, 0.1) is 4.92 Å². The lowest BCUT2D eigenvalue weighted by atomic mass is 10.1. The molecule has 0 atom stereocenters. The van der Waals surface area contributed by atoms with Gasteiger partial charge >= 0.3 is 5.69 Å². The molecule has 1 aromatic carbocycles. The number of hydrogen-bond donors (Lipinski definition) is 0. The first-order valence-corrected chi connectivity index (χ1v) is 7.76. The molecule has 2 heterocycles. The molecule has 120 valence electrons. The van der Waals surface area contributed by atoms with Crippen molar-refractivity contribution in [3.05, 3.63) is 63.8 Å². The number of pyridine rings is 1. The van der Waals surface area contributed by atoms with E-state index < -0.39 is 0 Å². The molecule has 23 heavy (non-hydrogen) atoms. The lowest BCUT2D eigenvalue weighted by Gasteiger charge is -2.35. The van der Waals surface area contributed by atoms with Gasteiger partial charge in [-0.3, -0.25) is 15.0 Å². The number of rotatable bonds is 4. The van der Waals surface area contributed by atoms with Crippen molar-refractivity contribution in [2.24, 2.45) is 0 Å². The highest BCUT2D eigenvalue weighted by atomic mass is 16.6. The molecule has 1 aliphatic rings. The molecule has 1 saturated heterocycles. The van der Waals surface area contributed by atoms with Gasteiger partial charge in [-0.05, 0) is 18.6 Å². The molecular formula is C17H20N4O2. The first kappa shape index (κ1) is 15.4. The van der Waals surface area contributed by atoms with Crippen molar-refractivity contribution < 1.29 is 4.92 Å². The molecule has 0 unspecified atom stereocenters. The molecular weight excluding hydrogens is 292 g/mol. The Morgan fingerprint density at radius 3 is 2.65 bits per heavy atom. The largest absolute Gasteiger partial charge is 0.348 e. The summed E-state index contributed by atoms with van der Waals surface area (Å²) >= 11 is 0. The quantitative estimate of drug-likeness (QED) is 0.641. The fourth-order valence-electron chi connectivity index (χ4n) is 2.96. The molecule has 0 saturated carbocycles. The van der Waals surface area contributed by atoms with Gasteiger partial charge in [0.2, 0.25) is 5.82 Å². The van der Waals surface area contributed by atoms with Crippen molar-refractivity contribution in [3.63, 3.8) is 0 Å². The molecule has 6 heteroatoms. The van der Waals surface area contributed by atoms with E-state index >= 15 is 0 Å². The van der Waals surface area contributed by atoms with Crippen LogP contribution in [-0.4, -0.2) is 41.0 Å². The van der Waals surface area contributed by atoms with Gasteiger partial charge in [-0.2, -0.15) is 0 Å². The average Bonchev–Trinajstić information content (AvgIpc) is 2.55. The molecule has 0 bridgehead atoms. The number of piperazine rings is 1. The lowest BCUT2D eigenvalue weighted by Crippen LogP contribution is -2.46. The third-order valence-electron chi connectivity index (χ3n) is 4.12. The van der Waals surface area contributed by atoms with Gasteiger partial charge in [0.15, 0.2) is 0 Å². The van der Waals surface area contributed by atoms with Crippen LogP contribution in [0.2, 0.25) is 0 Å². The van der Waals surface area contributed by atoms with Crippen LogP contribution in [-0.2, 0) is 6.54 Å².